The fourth-order valence-electron chi connectivity index (χ4n) is 10.8. The molecule has 9 aromatic rings. The first kappa shape index (κ1) is 43.2. The summed E-state index contributed by atoms with van der Waals surface area (Å²) in [7, 11) is 0. The molecule has 0 bridgehead atoms. The van der Waals surface area contributed by atoms with Crippen LogP contribution in [0.5, 0.6) is 0 Å². The summed E-state index contributed by atoms with van der Waals surface area (Å²) < 4.78 is 0. The molecule has 0 radical (unpaired) electrons. The lowest BCUT2D eigenvalue weighted by molar-refractivity contribution is 0.443. The van der Waals surface area contributed by atoms with E-state index in [0.29, 0.717) is 11.8 Å². The highest BCUT2D eigenvalue weighted by Crippen LogP contribution is 2.40. The average Bonchev–Trinajstić information content (AvgIpc) is 3.41. The average molecular weight is 881 g/mol. The maximum absolute atomic E-state index is 2.36. The minimum Gasteiger partial charge on any atom is -0.311 e. The Morgan fingerprint density at radius 1 is 0.265 bits per heavy atom. The normalized spacial score (nSPS) is 14.8. The molecule has 68 heavy (non-hydrogen) atoms. The predicted octanol–water partition coefficient (Wildman–Crippen LogP) is 19.4. The lowest BCUT2D eigenvalue weighted by Gasteiger charge is -2.27. The van der Waals surface area contributed by atoms with E-state index in [4.69, 9.17) is 0 Å². The largest absolute Gasteiger partial charge is 0.311 e. The van der Waals surface area contributed by atoms with Gasteiger partial charge in [-0.25, -0.2) is 0 Å². The first-order valence-corrected chi connectivity index (χ1v) is 25.1. The zero-order valence-electron chi connectivity index (χ0n) is 39.1. The Morgan fingerprint density at radius 2 is 0.574 bits per heavy atom. The van der Waals surface area contributed by atoms with Crippen LogP contribution in [0.3, 0.4) is 0 Å². The van der Waals surface area contributed by atoms with Crippen LogP contribution >= 0.6 is 0 Å². The monoisotopic (exact) mass is 880 g/mol. The third-order valence-electron chi connectivity index (χ3n) is 14.6. The highest BCUT2D eigenvalue weighted by molar-refractivity contribution is 6.00. The molecule has 2 aliphatic carbocycles. The van der Waals surface area contributed by atoms with E-state index < -0.39 is 0 Å². The van der Waals surface area contributed by atoms with Crippen molar-refractivity contribution in [3.8, 4) is 0 Å². The Morgan fingerprint density at radius 3 is 0.941 bits per heavy atom. The summed E-state index contributed by atoms with van der Waals surface area (Å²) >= 11 is 0. The fourth-order valence-corrected chi connectivity index (χ4v) is 10.8. The molecule has 0 heterocycles. The minimum absolute atomic E-state index is 0.701. The van der Waals surface area contributed by atoms with E-state index in [1.807, 2.05) is 0 Å². The smallest absolute Gasteiger partial charge is 0.0462 e. The van der Waals surface area contributed by atoms with Crippen LogP contribution in [0.4, 0.5) is 34.1 Å². The number of nitrogens with zero attached hydrogens (tertiary/aromatic N) is 2. The van der Waals surface area contributed by atoms with Crippen molar-refractivity contribution in [2.75, 3.05) is 9.80 Å². The molecule has 2 fully saturated rings. The number of benzene rings is 9. The first-order valence-electron chi connectivity index (χ1n) is 25.1. The van der Waals surface area contributed by atoms with E-state index in [-0.39, 0.29) is 0 Å². The summed E-state index contributed by atoms with van der Waals surface area (Å²) in [4.78, 5) is 4.72. The molecule has 0 unspecified atom stereocenters. The van der Waals surface area contributed by atoms with Crippen molar-refractivity contribution in [3.63, 3.8) is 0 Å². The van der Waals surface area contributed by atoms with Crippen molar-refractivity contribution in [1.29, 1.82) is 0 Å². The molecule has 2 aliphatic rings. The van der Waals surface area contributed by atoms with Crippen LogP contribution in [0.15, 0.2) is 206 Å². The summed E-state index contributed by atoms with van der Waals surface area (Å²) in [5.41, 5.74) is 14.7. The molecule has 2 nitrogen and oxygen atoms in total. The summed E-state index contributed by atoms with van der Waals surface area (Å²) in [6.07, 6.45) is 22.3. The second-order valence-electron chi connectivity index (χ2n) is 19.1. The van der Waals surface area contributed by atoms with Crippen molar-refractivity contribution in [2.24, 2.45) is 0 Å². The van der Waals surface area contributed by atoms with Crippen LogP contribution in [-0.2, 0) is 0 Å². The Hall–Kier alpha value is -7.42. The van der Waals surface area contributed by atoms with Gasteiger partial charge in [-0.1, -0.05) is 172 Å². The van der Waals surface area contributed by atoms with E-state index in [1.165, 1.54) is 131 Å². The van der Waals surface area contributed by atoms with Gasteiger partial charge in [0.1, 0.15) is 0 Å². The molecular weight excluding hydrogens is 821 g/mol. The SMILES string of the molecule is C(=C\c1ccc2cc3cc(/C=C/c4ccc(N(c5ccccc5)c5ccc(C6CCCCC6)cc5)cc4)ccc3cc2c1)/c1ccc(N(c2ccccc2)c2ccc(C3CCCCC3)cc2)cc1. The Bertz CT molecular complexity index is 2920. The lowest BCUT2D eigenvalue weighted by atomic mass is 9.84. The summed E-state index contributed by atoms with van der Waals surface area (Å²) in [5.74, 6) is 1.40. The highest BCUT2D eigenvalue weighted by Gasteiger charge is 2.19. The van der Waals surface area contributed by atoms with Crippen molar-refractivity contribution in [3.05, 3.63) is 240 Å². The molecule has 2 heteroatoms. The molecule has 2 saturated carbocycles. The van der Waals surface area contributed by atoms with Gasteiger partial charge < -0.3 is 9.80 Å². The van der Waals surface area contributed by atoms with Crippen LogP contribution in [0, 0.1) is 0 Å². The van der Waals surface area contributed by atoms with Gasteiger partial charge in [0.25, 0.3) is 0 Å². The van der Waals surface area contributed by atoms with Crippen LogP contribution in [0.2, 0.25) is 0 Å². The van der Waals surface area contributed by atoms with Gasteiger partial charge in [0.2, 0.25) is 0 Å². The third-order valence-corrected chi connectivity index (χ3v) is 14.6. The van der Waals surface area contributed by atoms with Gasteiger partial charge in [-0.2, -0.15) is 0 Å². The van der Waals surface area contributed by atoms with Crippen LogP contribution in [0.1, 0.15) is 109 Å². The summed E-state index contributed by atoms with van der Waals surface area (Å²) in [6, 6.07) is 76.2. The number of rotatable bonds is 12. The van der Waals surface area contributed by atoms with E-state index in [9.17, 15) is 0 Å². The maximum Gasteiger partial charge on any atom is 0.0462 e. The van der Waals surface area contributed by atoms with E-state index >= 15 is 0 Å². The molecule has 0 N–H and O–H groups in total. The molecule has 0 saturated heterocycles. The Balaban J connectivity index is 0.768. The molecule has 0 aliphatic heterocycles. The van der Waals surface area contributed by atoms with Crippen molar-refractivity contribution < 1.29 is 0 Å². The molecule has 0 atom stereocenters. The number of hydrogen-bond donors (Lipinski definition) is 0. The third kappa shape index (κ3) is 9.83. The number of hydrogen-bond acceptors (Lipinski definition) is 2. The van der Waals surface area contributed by atoms with Gasteiger partial charge in [0.15, 0.2) is 0 Å². The number of anilines is 6. The molecule has 0 aromatic heterocycles. The zero-order valence-corrected chi connectivity index (χ0v) is 39.1. The van der Waals surface area contributed by atoms with Crippen molar-refractivity contribution >= 4 is 80.0 Å². The van der Waals surface area contributed by atoms with Crippen molar-refractivity contribution in [2.45, 2.75) is 76.0 Å². The van der Waals surface area contributed by atoms with Gasteiger partial charge >= 0.3 is 0 Å². The molecule has 334 valence electrons. The Kier molecular flexibility index (Phi) is 12.8. The summed E-state index contributed by atoms with van der Waals surface area (Å²) in [6.45, 7) is 0. The fraction of sp³-hybridized carbons (Fsp3) is 0.182. The molecule has 0 amide bonds. The molecule has 11 rings (SSSR count). The maximum atomic E-state index is 2.36. The standard InChI is InChI=1S/C66H60N2/c1-5-13-53(14-6-1)55-33-41-65(42-34-55)67(61-17-9-3-10-18-61)63-37-27-49(28-38-63)21-23-51-25-31-57-48-60-46-52(26-32-58(60)47-59(57)45-51)24-22-50-29-39-64(40-30-50)68(62-19-11-4-12-20-62)66-43-35-56(36-44-66)54-15-7-2-8-16-54/h3-4,9-12,17-48,53-54H,1-2,5-8,13-16H2/b23-21+,24-22+. The number of fused-ring (bicyclic) bond motifs is 2. The van der Waals surface area contributed by atoms with Crippen LogP contribution < -0.4 is 9.80 Å². The molecule has 9 aromatic carbocycles. The lowest BCUT2D eigenvalue weighted by Crippen LogP contribution is -2.10. The van der Waals surface area contributed by atoms with Crippen LogP contribution in [-0.4, -0.2) is 0 Å². The van der Waals surface area contributed by atoms with E-state index in [1.54, 1.807) is 0 Å². The van der Waals surface area contributed by atoms with Gasteiger partial charge in [0.05, 0.1) is 0 Å². The topological polar surface area (TPSA) is 6.48 Å². The van der Waals surface area contributed by atoms with Crippen molar-refractivity contribution in [1.82, 2.24) is 0 Å². The Labute approximate surface area is 403 Å². The first-order chi connectivity index (χ1) is 33.7. The van der Waals surface area contributed by atoms with Gasteiger partial charge in [-0.3, -0.25) is 0 Å². The predicted molar refractivity (Wildman–Crippen MR) is 293 cm³/mol. The van der Waals surface area contributed by atoms with Gasteiger partial charge in [-0.15, -0.1) is 0 Å². The second kappa shape index (κ2) is 20.2. The highest BCUT2D eigenvalue weighted by atomic mass is 15.1. The zero-order chi connectivity index (χ0) is 45.5. The second-order valence-corrected chi connectivity index (χ2v) is 19.1. The number of para-hydroxylation sites is 2. The molecule has 0 spiro atoms. The van der Waals surface area contributed by atoms with Gasteiger partial charge in [0, 0.05) is 34.1 Å². The van der Waals surface area contributed by atoms with E-state index in [0.717, 1.165) is 22.7 Å². The minimum atomic E-state index is 0.701. The summed E-state index contributed by atoms with van der Waals surface area (Å²) in [5, 5.41) is 4.98. The quantitative estimate of drug-likeness (QED) is 0.0891. The van der Waals surface area contributed by atoms with E-state index in [2.05, 4.69) is 240 Å². The van der Waals surface area contributed by atoms with Gasteiger partial charge in [-0.05, 0) is 190 Å². The molecular formula is C66H60N2. The van der Waals surface area contributed by atoms with Crippen LogP contribution in [0.25, 0.3) is 45.8 Å².